The Morgan fingerprint density at radius 1 is 1.46 bits per heavy atom. The fourth-order valence-electron chi connectivity index (χ4n) is 0.827. The minimum Gasteiger partial charge on any atom is -0.370 e. The van der Waals surface area contributed by atoms with E-state index in [1.807, 2.05) is 13.8 Å². The van der Waals surface area contributed by atoms with E-state index in [2.05, 4.69) is 4.72 Å². The summed E-state index contributed by atoms with van der Waals surface area (Å²) in [5.74, 6) is -0.357. The summed E-state index contributed by atoms with van der Waals surface area (Å²) in [4.78, 5) is 10.3. The van der Waals surface area contributed by atoms with Crippen LogP contribution in [0.15, 0.2) is 0 Å². The second kappa shape index (κ2) is 5.18. The molecule has 0 fully saturated rings. The van der Waals surface area contributed by atoms with Crippen molar-refractivity contribution in [1.82, 2.24) is 4.72 Å². The number of nitrogens with two attached hydrogens (primary N) is 1. The molecule has 0 aliphatic heterocycles. The first-order valence-electron chi connectivity index (χ1n) is 4.09. The highest BCUT2D eigenvalue weighted by Gasteiger charge is 2.11. The molecule has 0 aliphatic rings. The Morgan fingerprint density at radius 3 is 2.38 bits per heavy atom. The fraction of sp³-hybridized carbons (Fsp3) is 0.857. The van der Waals surface area contributed by atoms with Crippen molar-refractivity contribution >= 4 is 15.9 Å². The Morgan fingerprint density at radius 2 is 2.00 bits per heavy atom. The van der Waals surface area contributed by atoms with Gasteiger partial charge in [-0.25, -0.2) is 13.1 Å². The van der Waals surface area contributed by atoms with Gasteiger partial charge < -0.3 is 5.73 Å². The molecule has 0 bridgehead atoms. The SMILES string of the molecule is CC(C)CS(=O)(=O)NCCC(N)=O. The maximum absolute atomic E-state index is 11.2. The molecule has 78 valence electrons. The molecule has 0 aliphatic carbocycles. The predicted molar refractivity (Wildman–Crippen MR) is 50.4 cm³/mol. The highest BCUT2D eigenvalue weighted by Crippen LogP contribution is 1.96. The topological polar surface area (TPSA) is 89.3 Å². The van der Waals surface area contributed by atoms with Gasteiger partial charge >= 0.3 is 0 Å². The molecule has 0 aromatic heterocycles. The summed E-state index contributed by atoms with van der Waals surface area (Å²) in [5, 5.41) is 0. The van der Waals surface area contributed by atoms with Crippen LogP contribution in [0.1, 0.15) is 20.3 Å². The van der Waals surface area contributed by atoms with Gasteiger partial charge in [0, 0.05) is 13.0 Å². The molecule has 0 radical (unpaired) electrons. The summed E-state index contributed by atoms with van der Waals surface area (Å²) in [6.07, 6.45) is 0.0390. The lowest BCUT2D eigenvalue weighted by atomic mass is 10.3. The number of primary amides is 1. The first-order valence-corrected chi connectivity index (χ1v) is 5.74. The van der Waals surface area contributed by atoms with Gasteiger partial charge in [-0.05, 0) is 5.92 Å². The Kier molecular flexibility index (Phi) is 4.94. The molecule has 0 rings (SSSR count). The number of carbonyl (C=O) groups is 1. The summed E-state index contributed by atoms with van der Waals surface area (Å²) in [7, 11) is -3.23. The smallest absolute Gasteiger partial charge is 0.218 e. The first kappa shape index (κ1) is 12.4. The van der Waals surface area contributed by atoms with E-state index >= 15 is 0 Å². The molecule has 6 heteroatoms. The van der Waals surface area contributed by atoms with Crippen molar-refractivity contribution in [3.8, 4) is 0 Å². The Hall–Kier alpha value is -0.620. The van der Waals surface area contributed by atoms with E-state index in [9.17, 15) is 13.2 Å². The zero-order chi connectivity index (χ0) is 10.5. The number of rotatable bonds is 6. The average molecular weight is 208 g/mol. The normalized spacial score (nSPS) is 11.9. The predicted octanol–water partition coefficient (Wildman–Crippen LogP) is -0.563. The fourth-order valence-corrected chi connectivity index (χ4v) is 2.24. The number of sulfonamides is 1. The van der Waals surface area contributed by atoms with Gasteiger partial charge in [0.15, 0.2) is 0 Å². The molecule has 0 atom stereocenters. The lowest BCUT2D eigenvalue weighted by molar-refractivity contribution is -0.117. The van der Waals surface area contributed by atoms with Crippen LogP contribution in [0.5, 0.6) is 0 Å². The van der Waals surface area contributed by atoms with Crippen LogP contribution in [0, 0.1) is 5.92 Å². The first-order chi connectivity index (χ1) is 5.83. The number of hydrogen-bond acceptors (Lipinski definition) is 3. The summed E-state index contributed by atoms with van der Waals surface area (Å²) in [6, 6.07) is 0. The van der Waals surface area contributed by atoms with Crippen molar-refractivity contribution in [2.75, 3.05) is 12.3 Å². The summed E-state index contributed by atoms with van der Waals surface area (Å²) in [5.41, 5.74) is 4.85. The van der Waals surface area contributed by atoms with Gasteiger partial charge in [0.2, 0.25) is 15.9 Å². The molecule has 13 heavy (non-hydrogen) atoms. The number of nitrogens with one attached hydrogen (secondary N) is 1. The van der Waals surface area contributed by atoms with Gasteiger partial charge in [0.1, 0.15) is 0 Å². The maximum Gasteiger partial charge on any atom is 0.218 e. The lowest BCUT2D eigenvalue weighted by Crippen LogP contribution is -2.31. The van der Waals surface area contributed by atoms with Crippen molar-refractivity contribution in [2.24, 2.45) is 11.7 Å². The molecular formula is C7H16N2O3S. The van der Waals surface area contributed by atoms with Crippen LogP contribution in [0.4, 0.5) is 0 Å². The van der Waals surface area contributed by atoms with Crippen molar-refractivity contribution in [2.45, 2.75) is 20.3 Å². The van der Waals surface area contributed by atoms with Crippen molar-refractivity contribution in [3.63, 3.8) is 0 Å². The summed E-state index contributed by atoms with van der Waals surface area (Å²) < 4.78 is 24.6. The maximum atomic E-state index is 11.2. The molecule has 0 saturated heterocycles. The van der Waals surface area contributed by atoms with E-state index in [1.54, 1.807) is 0 Å². The van der Waals surface area contributed by atoms with E-state index in [0.717, 1.165) is 0 Å². The number of amides is 1. The van der Waals surface area contributed by atoms with E-state index < -0.39 is 15.9 Å². The van der Waals surface area contributed by atoms with E-state index in [0.29, 0.717) is 0 Å². The second-order valence-electron chi connectivity index (χ2n) is 3.29. The third kappa shape index (κ3) is 7.73. The van der Waals surface area contributed by atoms with Crippen LogP contribution in [-0.4, -0.2) is 26.6 Å². The van der Waals surface area contributed by atoms with Gasteiger partial charge in [0.05, 0.1) is 5.75 Å². The third-order valence-corrected chi connectivity index (χ3v) is 3.00. The van der Waals surface area contributed by atoms with Crippen LogP contribution in [-0.2, 0) is 14.8 Å². The average Bonchev–Trinajstić information content (AvgIpc) is 1.81. The van der Waals surface area contributed by atoms with E-state index in [1.165, 1.54) is 0 Å². The zero-order valence-corrected chi connectivity index (χ0v) is 8.73. The molecule has 0 aromatic carbocycles. The van der Waals surface area contributed by atoms with Gasteiger partial charge in [-0.2, -0.15) is 0 Å². The molecule has 0 saturated carbocycles. The molecule has 5 nitrogen and oxygen atoms in total. The number of hydrogen-bond donors (Lipinski definition) is 2. The second-order valence-corrected chi connectivity index (χ2v) is 5.14. The largest absolute Gasteiger partial charge is 0.370 e. The van der Waals surface area contributed by atoms with Crippen molar-refractivity contribution < 1.29 is 13.2 Å². The van der Waals surface area contributed by atoms with Crippen LogP contribution < -0.4 is 10.5 Å². The minimum absolute atomic E-state index is 0.0390. The highest BCUT2D eigenvalue weighted by molar-refractivity contribution is 7.89. The molecule has 3 N–H and O–H groups in total. The summed E-state index contributed by atoms with van der Waals surface area (Å²) >= 11 is 0. The molecule has 0 aromatic rings. The van der Waals surface area contributed by atoms with Crippen molar-refractivity contribution in [1.29, 1.82) is 0 Å². The Balaban J connectivity index is 3.84. The van der Waals surface area contributed by atoms with Crippen LogP contribution >= 0.6 is 0 Å². The van der Waals surface area contributed by atoms with Gasteiger partial charge in [-0.1, -0.05) is 13.8 Å². The van der Waals surface area contributed by atoms with Crippen LogP contribution in [0.2, 0.25) is 0 Å². The Bertz CT molecular complexity index is 259. The molecule has 0 heterocycles. The molecule has 1 amide bonds. The van der Waals surface area contributed by atoms with E-state index in [4.69, 9.17) is 5.73 Å². The number of carbonyl (C=O) groups excluding carboxylic acids is 1. The quantitative estimate of drug-likeness (QED) is 0.613. The monoisotopic (exact) mass is 208 g/mol. The lowest BCUT2D eigenvalue weighted by Gasteiger charge is -2.07. The van der Waals surface area contributed by atoms with Gasteiger partial charge in [-0.15, -0.1) is 0 Å². The molecule has 0 spiro atoms. The van der Waals surface area contributed by atoms with Crippen LogP contribution in [0.25, 0.3) is 0 Å². The zero-order valence-electron chi connectivity index (χ0n) is 7.91. The summed E-state index contributed by atoms with van der Waals surface area (Å²) in [6.45, 7) is 3.71. The third-order valence-electron chi connectivity index (χ3n) is 1.25. The van der Waals surface area contributed by atoms with Gasteiger partial charge in [-0.3, -0.25) is 4.79 Å². The van der Waals surface area contributed by atoms with Crippen molar-refractivity contribution in [3.05, 3.63) is 0 Å². The highest BCUT2D eigenvalue weighted by atomic mass is 32.2. The van der Waals surface area contributed by atoms with Gasteiger partial charge in [0.25, 0.3) is 0 Å². The molecular weight excluding hydrogens is 192 g/mol. The molecule has 0 unspecified atom stereocenters. The Labute approximate surface area is 78.7 Å². The standard InChI is InChI=1S/C7H16N2O3S/c1-6(2)5-13(11,12)9-4-3-7(8)10/h6,9H,3-5H2,1-2H3,(H2,8,10). The minimum atomic E-state index is -3.23. The van der Waals surface area contributed by atoms with E-state index in [-0.39, 0.29) is 24.6 Å². The van der Waals surface area contributed by atoms with Crippen LogP contribution in [0.3, 0.4) is 0 Å².